The van der Waals surface area contributed by atoms with Crippen LogP contribution in [0.15, 0.2) is 18.2 Å². The Morgan fingerprint density at radius 3 is 2.59 bits per heavy atom. The molecule has 1 unspecified atom stereocenters. The smallest absolute Gasteiger partial charge is 0.309 e. The topological polar surface area (TPSA) is 37.3 Å². The number of carboxylic acid groups (broad SMARTS) is 1. The Hall–Kier alpha value is -1.09. The van der Waals surface area contributed by atoms with E-state index in [-0.39, 0.29) is 17.4 Å². The van der Waals surface area contributed by atoms with E-state index in [1.165, 1.54) is 6.07 Å². The van der Waals surface area contributed by atoms with E-state index >= 15 is 0 Å². The summed E-state index contributed by atoms with van der Waals surface area (Å²) in [5.41, 5.74) is -0.651. The van der Waals surface area contributed by atoms with Crippen LogP contribution in [0.4, 0.5) is 4.39 Å². The van der Waals surface area contributed by atoms with Gasteiger partial charge in [0, 0.05) is 0 Å². The van der Waals surface area contributed by atoms with E-state index in [1.54, 1.807) is 19.1 Å². The monoisotopic (exact) mass is 258 g/mol. The molecule has 0 heterocycles. The van der Waals surface area contributed by atoms with Crippen molar-refractivity contribution in [1.82, 2.24) is 0 Å². The zero-order valence-electron chi connectivity index (χ0n) is 10.1. The van der Waals surface area contributed by atoms with Gasteiger partial charge in [-0.25, -0.2) is 4.39 Å². The van der Waals surface area contributed by atoms with Gasteiger partial charge >= 0.3 is 5.97 Å². The largest absolute Gasteiger partial charge is 0.481 e. The molecule has 17 heavy (non-hydrogen) atoms. The second kappa shape index (κ2) is 5.05. The van der Waals surface area contributed by atoms with E-state index < -0.39 is 17.2 Å². The molecule has 0 radical (unpaired) electrons. The third-order valence-corrected chi connectivity index (χ3v) is 3.64. The van der Waals surface area contributed by atoms with Crippen LogP contribution in [0.25, 0.3) is 0 Å². The molecular weight excluding hydrogens is 243 g/mol. The third kappa shape index (κ3) is 2.78. The van der Waals surface area contributed by atoms with Crippen LogP contribution in [0.1, 0.15) is 26.3 Å². The zero-order chi connectivity index (χ0) is 13.2. The molecule has 0 aliphatic carbocycles. The van der Waals surface area contributed by atoms with Crippen molar-refractivity contribution in [2.75, 3.05) is 0 Å². The van der Waals surface area contributed by atoms with Gasteiger partial charge in [0.15, 0.2) is 0 Å². The Bertz CT molecular complexity index is 431. The van der Waals surface area contributed by atoms with E-state index in [4.69, 9.17) is 11.6 Å². The Kier molecular flexibility index (Phi) is 4.15. The van der Waals surface area contributed by atoms with Gasteiger partial charge in [0.2, 0.25) is 0 Å². The molecule has 1 rings (SSSR count). The van der Waals surface area contributed by atoms with Crippen LogP contribution in [0.5, 0.6) is 0 Å². The van der Waals surface area contributed by atoms with Gasteiger partial charge in [-0.15, -0.1) is 0 Å². The normalized spacial score (nSPS) is 14.7. The van der Waals surface area contributed by atoms with Crippen molar-refractivity contribution in [2.24, 2.45) is 11.3 Å². The molecule has 0 fully saturated rings. The molecule has 1 aromatic carbocycles. The maximum Gasteiger partial charge on any atom is 0.309 e. The first kappa shape index (κ1) is 14.0. The predicted octanol–water partition coefficient (Wildman–Crippen LogP) is 3.77. The maximum atomic E-state index is 13.7. The number of carbonyl (C=O) groups is 1. The van der Waals surface area contributed by atoms with Crippen molar-refractivity contribution in [2.45, 2.75) is 27.2 Å². The second-order valence-electron chi connectivity index (χ2n) is 4.77. The maximum absolute atomic E-state index is 13.7. The summed E-state index contributed by atoms with van der Waals surface area (Å²) in [7, 11) is 0. The first-order valence-corrected chi connectivity index (χ1v) is 5.83. The van der Waals surface area contributed by atoms with Crippen molar-refractivity contribution in [3.63, 3.8) is 0 Å². The van der Waals surface area contributed by atoms with Crippen LogP contribution in [0.3, 0.4) is 0 Å². The number of benzene rings is 1. The lowest BCUT2D eigenvalue weighted by atomic mass is 9.74. The molecule has 2 nitrogen and oxygen atoms in total. The highest BCUT2D eigenvalue weighted by Gasteiger charge is 2.37. The Balaban J connectivity index is 3.11. The number of aliphatic carboxylic acids is 1. The number of hydrogen-bond donors (Lipinski definition) is 1. The van der Waals surface area contributed by atoms with E-state index in [1.807, 2.05) is 13.8 Å². The van der Waals surface area contributed by atoms with Crippen molar-refractivity contribution < 1.29 is 14.3 Å². The molecule has 0 aliphatic rings. The summed E-state index contributed by atoms with van der Waals surface area (Å²) in [5, 5.41) is 9.30. The first-order chi connectivity index (χ1) is 7.79. The molecular formula is C13H16ClFO2. The molecule has 0 aliphatic heterocycles. The SMILES string of the molecule is CC(C)C(C)(Cc1cccc(Cl)c1F)C(=O)O. The summed E-state index contributed by atoms with van der Waals surface area (Å²) in [6.45, 7) is 5.26. The average Bonchev–Trinajstić information content (AvgIpc) is 2.24. The van der Waals surface area contributed by atoms with E-state index in [0.717, 1.165) is 0 Å². The minimum absolute atomic E-state index is 0.0268. The van der Waals surface area contributed by atoms with Gasteiger partial charge in [0.05, 0.1) is 10.4 Å². The summed E-state index contributed by atoms with van der Waals surface area (Å²) in [6.07, 6.45) is 0.131. The van der Waals surface area contributed by atoms with Crippen LogP contribution in [0, 0.1) is 17.2 Å². The summed E-state index contributed by atoms with van der Waals surface area (Å²) in [5.74, 6) is -1.55. The number of hydrogen-bond acceptors (Lipinski definition) is 1. The fourth-order valence-electron chi connectivity index (χ4n) is 1.61. The average molecular weight is 259 g/mol. The standard InChI is InChI=1S/C13H16ClFO2/c1-8(2)13(3,12(16)17)7-9-5-4-6-10(14)11(9)15/h4-6,8H,7H2,1-3H3,(H,16,17). The predicted molar refractivity (Wildman–Crippen MR) is 65.7 cm³/mol. The summed E-state index contributed by atoms with van der Waals surface area (Å²) in [4.78, 5) is 11.3. The number of carboxylic acids is 1. The van der Waals surface area contributed by atoms with E-state index in [9.17, 15) is 14.3 Å². The molecule has 1 aromatic rings. The first-order valence-electron chi connectivity index (χ1n) is 5.45. The zero-order valence-corrected chi connectivity index (χ0v) is 10.9. The second-order valence-corrected chi connectivity index (χ2v) is 5.17. The van der Waals surface area contributed by atoms with Gasteiger partial charge in [-0.2, -0.15) is 0 Å². The quantitative estimate of drug-likeness (QED) is 0.893. The minimum Gasteiger partial charge on any atom is -0.481 e. The molecule has 0 aromatic heterocycles. The minimum atomic E-state index is -0.995. The third-order valence-electron chi connectivity index (χ3n) is 3.35. The van der Waals surface area contributed by atoms with Crippen molar-refractivity contribution in [1.29, 1.82) is 0 Å². The van der Waals surface area contributed by atoms with Crippen LogP contribution in [-0.2, 0) is 11.2 Å². The number of rotatable bonds is 4. The van der Waals surface area contributed by atoms with Gasteiger partial charge in [-0.1, -0.05) is 37.6 Å². The molecule has 0 saturated carbocycles. The molecule has 94 valence electrons. The molecule has 4 heteroatoms. The molecule has 1 N–H and O–H groups in total. The highest BCUT2D eigenvalue weighted by atomic mass is 35.5. The molecule has 1 atom stereocenters. The molecule has 0 saturated heterocycles. The van der Waals surface area contributed by atoms with Gasteiger partial charge in [-0.05, 0) is 30.9 Å². The van der Waals surface area contributed by atoms with Gasteiger partial charge in [-0.3, -0.25) is 4.79 Å². The van der Waals surface area contributed by atoms with Crippen LogP contribution >= 0.6 is 11.6 Å². The van der Waals surface area contributed by atoms with Crippen LogP contribution in [0.2, 0.25) is 5.02 Å². The Morgan fingerprint density at radius 2 is 2.12 bits per heavy atom. The van der Waals surface area contributed by atoms with Gasteiger partial charge < -0.3 is 5.11 Å². The summed E-state index contributed by atoms with van der Waals surface area (Å²) >= 11 is 5.68. The van der Waals surface area contributed by atoms with E-state index in [2.05, 4.69) is 0 Å². The fourth-order valence-corrected chi connectivity index (χ4v) is 1.80. The molecule has 0 spiro atoms. The Morgan fingerprint density at radius 1 is 1.53 bits per heavy atom. The number of halogens is 2. The van der Waals surface area contributed by atoms with Crippen molar-refractivity contribution in [3.05, 3.63) is 34.6 Å². The lowest BCUT2D eigenvalue weighted by Crippen LogP contribution is -2.35. The van der Waals surface area contributed by atoms with Gasteiger partial charge in [0.25, 0.3) is 0 Å². The van der Waals surface area contributed by atoms with Crippen molar-refractivity contribution >= 4 is 17.6 Å². The van der Waals surface area contributed by atoms with Gasteiger partial charge in [0.1, 0.15) is 5.82 Å². The molecule has 0 amide bonds. The fraction of sp³-hybridized carbons (Fsp3) is 0.462. The molecule has 0 bridgehead atoms. The Labute approximate surface area is 105 Å². The summed E-state index contributed by atoms with van der Waals surface area (Å²) in [6, 6.07) is 4.65. The van der Waals surface area contributed by atoms with E-state index in [0.29, 0.717) is 5.56 Å². The highest BCUT2D eigenvalue weighted by molar-refractivity contribution is 6.30. The lowest BCUT2D eigenvalue weighted by molar-refractivity contribution is -0.150. The highest BCUT2D eigenvalue weighted by Crippen LogP contribution is 2.33. The van der Waals surface area contributed by atoms with Crippen LogP contribution in [-0.4, -0.2) is 11.1 Å². The van der Waals surface area contributed by atoms with Crippen molar-refractivity contribution in [3.8, 4) is 0 Å². The summed E-state index contributed by atoms with van der Waals surface area (Å²) < 4.78 is 13.7. The lowest BCUT2D eigenvalue weighted by Gasteiger charge is -2.29. The van der Waals surface area contributed by atoms with Crippen LogP contribution < -0.4 is 0 Å².